The minimum absolute atomic E-state index is 0.0443. The SMILES string of the molecule is COc1cc(-c2ccc(NS(=O)(=O)c3ccc(C)cc3)c(F)c2)c(OC)cc1-c1ccc(O)cc1. The lowest BCUT2D eigenvalue weighted by atomic mass is 9.97. The second-order valence-corrected chi connectivity index (χ2v) is 9.60. The van der Waals surface area contributed by atoms with E-state index in [4.69, 9.17) is 9.47 Å². The second-order valence-electron chi connectivity index (χ2n) is 7.91. The zero-order valence-electron chi connectivity index (χ0n) is 19.4. The van der Waals surface area contributed by atoms with Gasteiger partial charge in [-0.2, -0.15) is 0 Å². The quantitative estimate of drug-likeness (QED) is 0.330. The lowest BCUT2D eigenvalue weighted by molar-refractivity contribution is 0.406. The highest BCUT2D eigenvalue weighted by molar-refractivity contribution is 7.92. The van der Waals surface area contributed by atoms with Crippen LogP contribution in [0.4, 0.5) is 10.1 Å². The average Bonchev–Trinajstić information content (AvgIpc) is 2.85. The zero-order chi connectivity index (χ0) is 25.2. The third-order valence-electron chi connectivity index (χ3n) is 5.56. The molecule has 0 aromatic heterocycles. The molecular formula is C27H24FNO5S. The van der Waals surface area contributed by atoms with Gasteiger partial charge in [-0.25, -0.2) is 12.8 Å². The first-order valence-corrected chi connectivity index (χ1v) is 12.1. The van der Waals surface area contributed by atoms with Gasteiger partial charge in [0, 0.05) is 11.1 Å². The molecule has 8 heteroatoms. The largest absolute Gasteiger partial charge is 0.508 e. The Morgan fingerprint density at radius 2 is 1.31 bits per heavy atom. The Labute approximate surface area is 203 Å². The maximum absolute atomic E-state index is 15.0. The number of hydrogen-bond acceptors (Lipinski definition) is 5. The standard InChI is InChI=1S/C27H24FNO5S/c1-17-4-11-21(12-5-17)35(31,32)29-25-13-8-19(14-24(25)28)23-16-26(33-2)22(15-27(23)34-3)18-6-9-20(30)10-7-18/h4-16,29-30H,1-3H3. The molecule has 4 aromatic carbocycles. The lowest BCUT2D eigenvalue weighted by Gasteiger charge is -2.16. The van der Waals surface area contributed by atoms with Crippen LogP contribution in [0.3, 0.4) is 0 Å². The molecule has 0 fully saturated rings. The summed E-state index contributed by atoms with van der Waals surface area (Å²) in [7, 11) is -0.912. The number of phenolic OH excluding ortho intramolecular Hbond substituents is 1. The molecule has 0 unspecified atom stereocenters. The van der Waals surface area contributed by atoms with Crippen LogP contribution in [0.5, 0.6) is 17.2 Å². The summed E-state index contributed by atoms with van der Waals surface area (Å²) in [5.74, 6) is 0.406. The molecule has 0 amide bonds. The van der Waals surface area contributed by atoms with Crippen molar-refractivity contribution in [3.8, 4) is 39.5 Å². The van der Waals surface area contributed by atoms with Gasteiger partial charge in [0.05, 0.1) is 24.8 Å². The third kappa shape index (κ3) is 5.07. The number of aromatic hydroxyl groups is 1. The molecule has 180 valence electrons. The first-order valence-electron chi connectivity index (χ1n) is 10.7. The van der Waals surface area contributed by atoms with E-state index in [1.807, 2.05) is 6.92 Å². The Hall–Kier alpha value is -4.04. The number of nitrogens with one attached hydrogen (secondary N) is 1. The van der Waals surface area contributed by atoms with Gasteiger partial charge < -0.3 is 14.6 Å². The fraction of sp³-hybridized carbons (Fsp3) is 0.111. The number of benzene rings is 4. The molecule has 0 spiro atoms. The Morgan fingerprint density at radius 1 is 0.771 bits per heavy atom. The van der Waals surface area contributed by atoms with E-state index in [0.29, 0.717) is 22.6 Å². The summed E-state index contributed by atoms with van der Waals surface area (Å²) in [6.07, 6.45) is 0. The number of sulfonamides is 1. The van der Waals surface area contributed by atoms with E-state index in [1.165, 1.54) is 38.5 Å². The molecule has 0 radical (unpaired) electrons. The summed E-state index contributed by atoms with van der Waals surface area (Å²) < 4.78 is 53.8. The lowest BCUT2D eigenvalue weighted by Crippen LogP contribution is -2.14. The highest BCUT2D eigenvalue weighted by atomic mass is 32.2. The number of hydrogen-bond donors (Lipinski definition) is 2. The Balaban J connectivity index is 1.70. The van der Waals surface area contributed by atoms with E-state index in [-0.39, 0.29) is 16.3 Å². The van der Waals surface area contributed by atoms with Crippen LogP contribution in [0, 0.1) is 12.7 Å². The molecular weight excluding hydrogens is 469 g/mol. The van der Waals surface area contributed by atoms with Crippen molar-refractivity contribution in [1.29, 1.82) is 0 Å². The first-order chi connectivity index (χ1) is 16.7. The summed E-state index contributed by atoms with van der Waals surface area (Å²) in [6, 6.07) is 20.6. The van der Waals surface area contributed by atoms with E-state index >= 15 is 4.39 Å². The van der Waals surface area contributed by atoms with Crippen LogP contribution in [0.15, 0.2) is 83.8 Å². The van der Waals surface area contributed by atoms with Gasteiger partial charge in [0.1, 0.15) is 23.1 Å². The number of phenols is 1. The van der Waals surface area contributed by atoms with Crippen LogP contribution in [0.2, 0.25) is 0 Å². The topological polar surface area (TPSA) is 84.9 Å². The minimum atomic E-state index is -3.95. The van der Waals surface area contributed by atoms with Gasteiger partial charge in [-0.3, -0.25) is 4.72 Å². The van der Waals surface area contributed by atoms with Gasteiger partial charge in [-0.05, 0) is 66.6 Å². The molecule has 0 aliphatic rings. The van der Waals surface area contributed by atoms with Crippen LogP contribution in [0.1, 0.15) is 5.56 Å². The zero-order valence-corrected chi connectivity index (χ0v) is 20.2. The summed E-state index contributed by atoms with van der Waals surface area (Å²) in [4.78, 5) is 0.0443. The number of anilines is 1. The van der Waals surface area contributed by atoms with Gasteiger partial charge in [0.25, 0.3) is 10.0 Å². The average molecular weight is 494 g/mol. The number of rotatable bonds is 7. The van der Waals surface area contributed by atoms with Crippen molar-refractivity contribution >= 4 is 15.7 Å². The van der Waals surface area contributed by atoms with Gasteiger partial charge in [-0.15, -0.1) is 0 Å². The third-order valence-corrected chi connectivity index (χ3v) is 6.94. The smallest absolute Gasteiger partial charge is 0.261 e. The van der Waals surface area contributed by atoms with Crippen molar-refractivity contribution in [3.05, 3.63) is 90.2 Å². The fourth-order valence-corrected chi connectivity index (χ4v) is 4.74. The van der Waals surface area contributed by atoms with Crippen molar-refractivity contribution in [2.24, 2.45) is 0 Å². The fourth-order valence-electron chi connectivity index (χ4n) is 3.68. The highest BCUT2D eigenvalue weighted by Gasteiger charge is 2.19. The molecule has 6 nitrogen and oxygen atoms in total. The summed E-state index contributed by atoms with van der Waals surface area (Å²) in [6.45, 7) is 1.85. The molecule has 0 aliphatic carbocycles. The second kappa shape index (κ2) is 9.68. The summed E-state index contributed by atoms with van der Waals surface area (Å²) in [5.41, 5.74) is 3.33. The number of methoxy groups -OCH3 is 2. The van der Waals surface area contributed by atoms with E-state index in [1.54, 1.807) is 54.6 Å². The first kappa shape index (κ1) is 24.1. The summed E-state index contributed by atoms with van der Waals surface area (Å²) >= 11 is 0. The van der Waals surface area contributed by atoms with E-state index in [0.717, 1.165) is 16.7 Å². The van der Waals surface area contributed by atoms with Crippen molar-refractivity contribution < 1.29 is 27.4 Å². The Kier molecular flexibility index (Phi) is 6.66. The van der Waals surface area contributed by atoms with Crippen molar-refractivity contribution in [2.75, 3.05) is 18.9 Å². The predicted octanol–water partition coefficient (Wildman–Crippen LogP) is 5.99. The monoisotopic (exact) mass is 493 g/mol. The van der Waals surface area contributed by atoms with E-state index in [9.17, 15) is 13.5 Å². The molecule has 0 bridgehead atoms. The number of ether oxygens (including phenoxy) is 2. The molecule has 0 saturated carbocycles. The minimum Gasteiger partial charge on any atom is -0.508 e. The Bertz CT molecular complexity index is 1470. The van der Waals surface area contributed by atoms with Crippen LogP contribution in [0.25, 0.3) is 22.3 Å². The molecule has 2 N–H and O–H groups in total. The molecule has 0 saturated heterocycles. The number of aryl methyl sites for hydroxylation is 1. The van der Waals surface area contributed by atoms with Crippen LogP contribution >= 0.6 is 0 Å². The van der Waals surface area contributed by atoms with Crippen molar-refractivity contribution in [2.45, 2.75) is 11.8 Å². The maximum Gasteiger partial charge on any atom is 0.261 e. The van der Waals surface area contributed by atoms with Crippen molar-refractivity contribution in [1.82, 2.24) is 0 Å². The van der Waals surface area contributed by atoms with Crippen LogP contribution in [-0.4, -0.2) is 27.7 Å². The molecule has 35 heavy (non-hydrogen) atoms. The van der Waals surface area contributed by atoms with Crippen LogP contribution < -0.4 is 14.2 Å². The molecule has 0 aliphatic heterocycles. The Morgan fingerprint density at radius 3 is 1.86 bits per heavy atom. The van der Waals surface area contributed by atoms with Gasteiger partial charge in [0.2, 0.25) is 0 Å². The normalized spacial score (nSPS) is 11.2. The van der Waals surface area contributed by atoms with Crippen molar-refractivity contribution in [3.63, 3.8) is 0 Å². The molecule has 0 atom stereocenters. The maximum atomic E-state index is 15.0. The van der Waals surface area contributed by atoms with E-state index in [2.05, 4.69) is 4.72 Å². The predicted molar refractivity (Wildman–Crippen MR) is 134 cm³/mol. The van der Waals surface area contributed by atoms with Gasteiger partial charge in [0.15, 0.2) is 0 Å². The van der Waals surface area contributed by atoms with Crippen LogP contribution in [-0.2, 0) is 10.0 Å². The van der Waals surface area contributed by atoms with Gasteiger partial charge >= 0.3 is 0 Å². The molecule has 4 rings (SSSR count). The summed E-state index contributed by atoms with van der Waals surface area (Å²) in [5, 5.41) is 9.58. The molecule has 4 aromatic rings. The molecule has 0 heterocycles. The number of halogens is 1. The highest BCUT2D eigenvalue weighted by Crippen LogP contribution is 2.41. The van der Waals surface area contributed by atoms with E-state index < -0.39 is 15.8 Å². The van der Waals surface area contributed by atoms with Gasteiger partial charge in [-0.1, -0.05) is 35.9 Å².